The topological polar surface area (TPSA) is 84.2 Å². The van der Waals surface area contributed by atoms with E-state index in [0.29, 0.717) is 11.4 Å². The third kappa shape index (κ3) is 4.43. The standard InChI is InChI=1S/C14H21N3O2S.ClH/c1-10(16-13(19)11-5-4-8-20-11)12(18)17-14(9-15)6-2-3-7-14;/h4-5,8,10H,2-3,6-7,9,15H2,1H3,(H,16,19)(H,17,18);1H. The highest BCUT2D eigenvalue weighted by Gasteiger charge is 2.35. The highest BCUT2D eigenvalue weighted by molar-refractivity contribution is 7.12. The van der Waals surface area contributed by atoms with Gasteiger partial charge in [0.1, 0.15) is 6.04 Å². The second-order valence-electron chi connectivity index (χ2n) is 5.35. The third-order valence-electron chi connectivity index (χ3n) is 3.83. The van der Waals surface area contributed by atoms with E-state index in [9.17, 15) is 9.59 Å². The lowest BCUT2D eigenvalue weighted by atomic mass is 9.97. The van der Waals surface area contributed by atoms with E-state index in [1.165, 1.54) is 11.3 Å². The van der Waals surface area contributed by atoms with Crippen molar-refractivity contribution in [2.75, 3.05) is 6.54 Å². The number of amides is 2. The zero-order valence-corrected chi connectivity index (χ0v) is 13.7. The summed E-state index contributed by atoms with van der Waals surface area (Å²) in [5.74, 6) is -0.377. The summed E-state index contributed by atoms with van der Waals surface area (Å²) >= 11 is 1.36. The summed E-state index contributed by atoms with van der Waals surface area (Å²) in [7, 11) is 0. The van der Waals surface area contributed by atoms with Gasteiger partial charge >= 0.3 is 0 Å². The largest absolute Gasteiger partial charge is 0.348 e. The molecule has 2 amide bonds. The minimum absolute atomic E-state index is 0. The number of hydrogen-bond donors (Lipinski definition) is 3. The Balaban J connectivity index is 0.00000220. The summed E-state index contributed by atoms with van der Waals surface area (Å²) < 4.78 is 0. The normalized spacial score (nSPS) is 17.6. The fourth-order valence-corrected chi connectivity index (χ4v) is 3.17. The zero-order valence-electron chi connectivity index (χ0n) is 12.1. The molecule has 4 N–H and O–H groups in total. The fraction of sp³-hybridized carbons (Fsp3) is 0.571. The molecule has 21 heavy (non-hydrogen) atoms. The van der Waals surface area contributed by atoms with Crippen molar-refractivity contribution in [3.8, 4) is 0 Å². The molecule has 0 aliphatic heterocycles. The van der Waals surface area contributed by atoms with E-state index in [1.54, 1.807) is 13.0 Å². The van der Waals surface area contributed by atoms with Crippen LogP contribution in [0.25, 0.3) is 0 Å². The number of thiophene rings is 1. The van der Waals surface area contributed by atoms with Gasteiger partial charge in [0.2, 0.25) is 5.91 Å². The van der Waals surface area contributed by atoms with Crippen LogP contribution in [0.5, 0.6) is 0 Å². The fourth-order valence-electron chi connectivity index (χ4n) is 2.54. The van der Waals surface area contributed by atoms with E-state index in [4.69, 9.17) is 5.73 Å². The van der Waals surface area contributed by atoms with Crippen molar-refractivity contribution in [1.82, 2.24) is 10.6 Å². The van der Waals surface area contributed by atoms with E-state index in [-0.39, 0.29) is 29.8 Å². The molecule has 1 fully saturated rings. The van der Waals surface area contributed by atoms with Gasteiger partial charge in [-0.25, -0.2) is 0 Å². The lowest BCUT2D eigenvalue weighted by molar-refractivity contribution is -0.124. The van der Waals surface area contributed by atoms with Crippen LogP contribution in [0.3, 0.4) is 0 Å². The lowest BCUT2D eigenvalue weighted by Crippen LogP contribution is -2.56. The van der Waals surface area contributed by atoms with Gasteiger partial charge in [-0.05, 0) is 31.2 Å². The average molecular weight is 332 g/mol. The van der Waals surface area contributed by atoms with Crippen LogP contribution >= 0.6 is 23.7 Å². The second kappa shape index (κ2) is 7.77. The molecule has 7 heteroatoms. The van der Waals surface area contributed by atoms with Gasteiger partial charge in [-0.1, -0.05) is 18.9 Å². The van der Waals surface area contributed by atoms with Crippen molar-refractivity contribution in [2.45, 2.75) is 44.2 Å². The number of halogens is 1. The number of carbonyl (C=O) groups excluding carboxylic acids is 2. The molecule has 1 unspecified atom stereocenters. The molecule has 1 aromatic rings. The first kappa shape index (κ1) is 17.9. The molecule has 1 saturated carbocycles. The molecule has 1 aromatic heterocycles. The molecular formula is C14H22ClN3O2S. The SMILES string of the molecule is CC(NC(=O)c1cccs1)C(=O)NC1(CN)CCCC1.Cl. The Morgan fingerprint density at radius 3 is 2.62 bits per heavy atom. The van der Waals surface area contributed by atoms with Crippen molar-refractivity contribution in [3.05, 3.63) is 22.4 Å². The Morgan fingerprint density at radius 1 is 1.43 bits per heavy atom. The zero-order chi connectivity index (χ0) is 14.6. The van der Waals surface area contributed by atoms with Gasteiger partial charge in [0.25, 0.3) is 5.91 Å². The van der Waals surface area contributed by atoms with Gasteiger partial charge < -0.3 is 16.4 Å². The Morgan fingerprint density at radius 2 is 2.10 bits per heavy atom. The highest BCUT2D eigenvalue weighted by atomic mass is 35.5. The Bertz CT molecular complexity index is 473. The van der Waals surface area contributed by atoms with Crippen LogP contribution in [0, 0.1) is 0 Å². The number of hydrogen-bond acceptors (Lipinski definition) is 4. The molecule has 1 aliphatic carbocycles. The van der Waals surface area contributed by atoms with Gasteiger partial charge in [-0.15, -0.1) is 23.7 Å². The van der Waals surface area contributed by atoms with Gasteiger partial charge in [-0.2, -0.15) is 0 Å². The third-order valence-corrected chi connectivity index (χ3v) is 4.69. The Kier molecular flexibility index (Phi) is 6.64. The smallest absolute Gasteiger partial charge is 0.261 e. The summed E-state index contributed by atoms with van der Waals surface area (Å²) in [5.41, 5.74) is 5.52. The Hall–Kier alpha value is -1.11. The minimum atomic E-state index is -0.561. The lowest BCUT2D eigenvalue weighted by Gasteiger charge is -2.30. The van der Waals surface area contributed by atoms with E-state index >= 15 is 0 Å². The van der Waals surface area contributed by atoms with Gasteiger partial charge in [0.15, 0.2) is 0 Å². The number of nitrogens with two attached hydrogens (primary N) is 1. The maximum Gasteiger partial charge on any atom is 0.261 e. The number of carbonyl (C=O) groups is 2. The van der Waals surface area contributed by atoms with Crippen LogP contribution in [0.1, 0.15) is 42.3 Å². The van der Waals surface area contributed by atoms with E-state index in [0.717, 1.165) is 25.7 Å². The molecule has 0 radical (unpaired) electrons. The molecule has 0 spiro atoms. The molecule has 1 aliphatic rings. The van der Waals surface area contributed by atoms with Crippen molar-refractivity contribution >= 4 is 35.6 Å². The second-order valence-corrected chi connectivity index (χ2v) is 6.30. The molecule has 1 atom stereocenters. The molecular weight excluding hydrogens is 310 g/mol. The predicted molar refractivity (Wildman–Crippen MR) is 86.9 cm³/mol. The van der Waals surface area contributed by atoms with E-state index in [2.05, 4.69) is 10.6 Å². The van der Waals surface area contributed by atoms with E-state index < -0.39 is 6.04 Å². The first-order chi connectivity index (χ1) is 9.56. The van der Waals surface area contributed by atoms with Gasteiger partial charge in [0.05, 0.1) is 10.4 Å². The maximum absolute atomic E-state index is 12.2. The molecule has 118 valence electrons. The van der Waals surface area contributed by atoms with Crippen molar-refractivity contribution < 1.29 is 9.59 Å². The molecule has 0 bridgehead atoms. The molecule has 5 nitrogen and oxygen atoms in total. The van der Waals surface area contributed by atoms with Crippen molar-refractivity contribution in [3.63, 3.8) is 0 Å². The van der Waals surface area contributed by atoms with Gasteiger partial charge in [-0.3, -0.25) is 9.59 Å². The summed E-state index contributed by atoms with van der Waals surface area (Å²) in [5, 5.41) is 7.57. The highest BCUT2D eigenvalue weighted by Crippen LogP contribution is 2.28. The molecule has 2 rings (SSSR count). The number of rotatable bonds is 5. The van der Waals surface area contributed by atoms with Crippen LogP contribution in [-0.4, -0.2) is 29.9 Å². The predicted octanol–water partition coefficient (Wildman–Crippen LogP) is 1.68. The van der Waals surface area contributed by atoms with Crippen LogP contribution < -0.4 is 16.4 Å². The first-order valence-corrected chi connectivity index (χ1v) is 7.81. The minimum Gasteiger partial charge on any atom is -0.348 e. The van der Waals surface area contributed by atoms with Crippen LogP contribution in [0.4, 0.5) is 0 Å². The number of nitrogens with one attached hydrogen (secondary N) is 2. The molecule has 0 aromatic carbocycles. The summed E-state index contributed by atoms with van der Waals surface area (Å²) in [6.45, 7) is 2.14. The molecule has 1 heterocycles. The van der Waals surface area contributed by atoms with E-state index in [1.807, 2.05) is 11.4 Å². The summed E-state index contributed by atoms with van der Waals surface area (Å²) in [4.78, 5) is 24.7. The molecule has 0 saturated heterocycles. The van der Waals surface area contributed by atoms with Gasteiger partial charge in [0, 0.05) is 6.54 Å². The average Bonchev–Trinajstić information content (AvgIpc) is 3.10. The maximum atomic E-state index is 12.2. The summed E-state index contributed by atoms with van der Waals surface area (Å²) in [6, 6.07) is 2.99. The quantitative estimate of drug-likeness (QED) is 0.767. The van der Waals surface area contributed by atoms with Crippen molar-refractivity contribution in [1.29, 1.82) is 0 Å². The summed E-state index contributed by atoms with van der Waals surface area (Å²) in [6.07, 6.45) is 4.02. The van der Waals surface area contributed by atoms with Crippen LogP contribution in [0.2, 0.25) is 0 Å². The van der Waals surface area contributed by atoms with Crippen molar-refractivity contribution in [2.24, 2.45) is 5.73 Å². The van der Waals surface area contributed by atoms with Crippen LogP contribution in [0.15, 0.2) is 17.5 Å². The van der Waals surface area contributed by atoms with Crippen LogP contribution in [-0.2, 0) is 4.79 Å². The Labute approximate surface area is 135 Å². The monoisotopic (exact) mass is 331 g/mol. The first-order valence-electron chi connectivity index (χ1n) is 6.93.